The topological polar surface area (TPSA) is 55.4 Å². The van der Waals surface area contributed by atoms with E-state index in [1.165, 1.54) is 41.7 Å². The largest absolute Gasteiger partial charge is 0.452 e. The number of aryl methyl sites for hydroxylation is 1. The summed E-state index contributed by atoms with van der Waals surface area (Å²) in [6.45, 7) is 1.53. The molecule has 1 aromatic carbocycles. The second-order valence-corrected chi connectivity index (χ2v) is 7.22. The first-order valence-corrected chi connectivity index (χ1v) is 8.88. The SMILES string of the molecule is Cc1ccc(/C=C/C(=O)OCC(=O)Nc2ccc(SC(F)F)cc2)s1. The summed E-state index contributed by atoms with van der Waals surface area (Å²) in [6.07, 6.45) is 2.88. The lowest BCUT2D eigenvalue weighted by molar-refractivity contribution is -0.142. The van der Waals surface area contributed by atoms with Gasteiger partial charge in [0, 0.05) is 26.4 Å². The normalized spacial score (nSPS) is 11.0. The van der Waals surface area contributed by atoms with E-state index in [1.807, 2.05) is 19.1 Å². The van der Waals surface area contributed by atoms with Gasteiger partial charge in [-0.05, 0) is 49.4 Å². The van der Waals surface area contributed by atoms with Crippen LogP contribution in [0.4, 0.5) is 14.5 Å². The van der Waals surface area contributed by atoms with Gasteiger partial charge in [0.25, 0.3) is 11.7 Å². The van der Waals surface area contributed by atoms with Crippen molar-refractivity contribution in [1.82, 2.24) is 0 Å². The fraction of sp³-hybridized carbons (Fsp3) is 0.176. The van der Waals surface area contributed by atoms with Crippen LogP contribution in [0.15, 0.2) is 47.4 Å². The van der Waals surface area contributed by atoms with Crippen LogP contribution >= 0.6 is 23.1 Å². The van der Waals surface area contributed by atoms with Crippen LogP contribution < -0.4 is 5.32 Å². The molecule has 1 aromatic heterocycles. The van der Waals surface area contributed by atoms with Crippen molar-refractivity contribution in [3.63, 3.8) is 0 Å². The van der Waals surface area contributed by atoms with E-state index in [9.17, 15) is 18.4 Å². The number of alkyl halides is 2. The third-order valence-electron chi connectivity index (χ3n) is 2.85. The Kier molecular flexibility index (Phi) is 7.15. The lowest BCUT2D eigenvalue weighted by atomic mass is 10.3. The van der Waals surface area contributed by atoms with Gasteiger partial charge in [0.05, 0.1) is 0 Å². The third-order valence-corrected chi connectivity index (χ3v) is 4.54. The second kappa shape index (κ2) is 9.33. The molecule has 0 saturated heterocycles. The van der Waals surface area contributed by atoms with Crippen LogP contribution in [0.2, 0.25) is 0 Å². The molecule has 0 unspecified atom stereocenters. The zero-order chi connectivity index (χ0) is 18.2. The quantitative estimate of drug-likeness (QED) is 0.432. The number of thioether (sulfide) groups is 1. The first-order valence-electron chi connectivity index (χ1n) is 7.18. The average Bonchev–Trinajstić information content (AvgIpc) is 2.98. The molecule has 0 radical (unpaired) electrons. The standard InChI is InChI=1S/C17H15F2NO3S2/c1-11-2-5-13(24-11)8-9-16(22)23-10-15(21)20-12-3-6-14(7-4-12)25-17(18)19/h2-9,17H,10H2,1H3,(H,20,21)/b9-8+. The molecule has 0 atom stereocenters. The predicted molar refractivity (Wildman–Crippen MR) is 96.0 cm³/mol. The fourth-order valence-electron chi connectivity index (χ4n) is 1.79. The molecule has 0 aliphatic carbocycles. The maximum absolute atomic E-state index is 12.2. The molecule has 8 heteroatoms. The molecular formula is C17H15F2NO3S2. The first-order chi connectivity index (χ1) is 11.9. The molecule has 0 spiro atoms. The summed E-state index contributed by atoms with van der Waals surface area (Å²) >= 11 is 1.96. The number of carbonyl (C=O) groups is 2. The maximum Gasteiger partial charge on any atom is 0.331 e. The van der Waals surface area contributed by atoms with E-state index in [1.54, 1.807) is 6.08 Å². The Labute approximate surface area is 151 Å². The molecule has 4 nitrogen and oxygen atoms in total. The molecule has 1 heterocycles. The highest BCUT2D eigenvalue weighted by atomic mass is 32.2. The van der Waals surface area contributed by atoms with E-state index in [0.717, 1.165) is 9.75 Å². The van der Waals surface area contributed by atoms with E-state index < -0.39 is 24.2 Å². The molecule has 2 aromatic rings. The van der Waals surface area contributed by atoms with Crippen molar-refractivity contribution in [2.24, 2.45) is 0 Å². The van der Waals surface area contributed by atoms with Crippen LogP contribution in [0.3, 0.4) is 0 Å². The molecule has 0 aliphatic rings. The van der Waals surface area contributed by atoms with E-state index in [-0.39, 0.29) is 0 Å². The molecule has 132 valence electrons. The number of rotatable bonds is 7. The minimum Gasteiger partial charge on any atom is -0.452 e. The van der Waals surface area contributed by atoms with Gasteiger partial charge in [-0.1, -0.05) is 11.8 Å². The summed E-state index contributed by atoms with van der Waals surface area (Å²) in [4.78, 5) is 25.7. The summed E-state index contributed by atoms with van der Waals surface area (Å²) in [5.74, 6) is -3.63. The number of thiophene rings is 1. The van der Waals surface area contributed by atoms with Crippen LogP contribution in [0.25, 0.3) is 6.08 Å². The number of anilines is 1. The zero-order valence-corrected chi connectivity index (χ0v) is 14.8. The Balaban J connectivity index is 1.76. The number of carbonyl (C=O) groups excluding carboxylic acids is 2. The van der Waals surface area contributed by atoms with Gasteiger partial charge in [-0.25, -0.2) is 4.79 Å². The van der Waals surface area contributed by atoms with Crippen molar-refractivity contribution in [2.45, 2.75) is 17.6 Å². The highest BCUT2D eigenvalue weighted by molar-refractivity contribution is 7.99. The molecule has 0 saturated carbocycles. The Morgan fingerprint density at radius 2 is 1.96 bits per heavy atom. The third kappa shape index (κ3) is 7.06. The highest BCUT2D eigenvalue weighted by Gasteiger charge is 2.08. The number of hydrogen-bond acceptors (Lipinski definition) is 5. The minimum atomic E-state index is -2.49. The molecule has 25 heavy (non-hydrogen) atoms. The number of ether oxygens (including phenoxy) is 1. The van der Waals surface area contributed by atoms with Crippen molar-refractivity contribution in [2.75, 3.05) is 11.9 Å². The van der Waals surface area contributed by atoms with Gasteiger partial charge in [-0.3, -0.25) is 4.79 Å². The van der Waals surface area contributed by atoms with Gasteiger partial charge in [0.1, 0.15) is 0 Å². The molecular weight excluding hydrogens is 368 g/mol. The number of benzene rings is 1. The minimum absolute atomic E-state index is 0.397. The first kappa shape index (κ1) is 19.1. The molecule has 1 amide bonds. The number of nitrogens with one attached hydrogen (secondary N) is 1. The molecule has 0 fully saturated rings. The maximum atomic E-state index is 12.2. The van der Waals surface area contributed by atoms with Crippen molar-refractivity contribution < 1.29 is 23.1 Å². The van der Waals surface area contributed by atoms with Crippen molar-refractivity contribution >= 4 is 46.7 Å². The van der Waals surface area contributed by atoms with Crippen LogP contribution in [0, 0.1) is 6.92 Å². The van der Waals surface area contributed by atoms with Crippen molar-refractivity contribution in [3.05, 3.63) is 52.2 Å². The second-order valence-electron chi connectivity index (χ2n) is 4.84. The number of amides is 1. The molecule has 0 bridgehead atoms. The van der Waals surface area contributed by atoms with Crippen molar-refractivity contribution in [1.29, 1.82) is 0 Å². The van der Waals surface area contributed by atoms with E-state index >= 15 is 0 Å². The lowest BCUT2D eigenvalue weighted by Crippen LogP contribution is -2.20. The highest BCUT2D eigenvalue weighted by Crippen LogP contribution is 2.26. The number of esters is 1. The Morgan fingerprint density at radius 1 is 1.24 bits per heavy atom. The summed E-state index contributed by atoms with van der Waals surface area (Å²) in [7, 11) is 0. The van der Waals surface area contributed by atoms with E-state index in [2.05, 4.69) is 5.32 Å². The smallest absolute Gasteiger partial charge is 0.331 e. The summed E-state index contributed by atoms with van der Waals surface area (Å²) in [5, 5.41) is 2.52. The Hall–Kier alpha value is -2.19. The van der Waals surface area contributed by atoms with Gasteiger partial charge < -0.3 is 10.1 Å². The van der Waals surface area contributed by atoms with E-state index in [0.29, 0.717) is 22.3 Å². The molecule has 0 aliphatic heterocycles. The predicted octanol–water partition coefficient (Wildman–Crippen LogP) is 4.57. The van der Waals surface area contributed by atoms with Gasteiger partial charge in [0.2, 0.25) is 0 Å². The summed E-state index contributed by atoms with van der Waals surface area (Å²) in [5.41, 5.74) is 0.435. The number of halogens is 2. The number of hydrogen-bond donors (Lipinski definition) is 1. The van der Waals surface area contributed by atoms with E-state index in [4.69, 9.17) is 4.74 Å². The Bertz CT molecular complexity index is 758. The monoisotopic (exact) mass is 383 g/mol. The van der Waals surface area contributed by atoms with Crippen LogP contribution in [0.5, 0.6) is 0 Å². The van der Waals surface area contributed by atoms with Gasteiger partial charge >= 0.3 is 5.97 Å². The zero-order valence-electron chi connectivity index (χ0n) is 13.2. The van der Waals surface area contributed by atoms with Crippen molar-refractivity contribution in [3.8, 4) is 0 Å². The van der Waals surface area contributed by atoms with Gasteiger partial charge in [-0.15, -0.1) is 11.3 Å². The van der Waals surface area contributed by atoms with Crippen LogP contribution in [-0.2, 0) is 14.3 Å². The van der Waals surface area contributed by atoms with Crippen LogP contribution in [-0.4, -0.2) is 24.2 Å². The summed E-state index contributed by atoms with van der Waals surface area (Å²) < 4.78 is 29.3. The lowest BCUT2D eigenvalue weighted by Gasteiger charge is -2.06. The van der Waals surface area contributed by atoms with Gasteiger partial charge in [0.15, 0.2) is 6.61 Å². The van der Waals surface area contributed by atoms with Crippen LogP contribution in [0.1, 0.15) is 9.75 Å². The Morgan fingerprint density at radius 3 is 2.56 bits per heavy atom. The summed E-state index contributed by atoms with van der Waals surface area (Å²) in [6, 6.07) is 9.78. The average molecular weight is 383 g/mol. The molecule has 2 rings (SSSR count). The molecule has 1 N–H and O–H groups in total. The van der Waals surface area contributed by atoms with Gasteiger partial charge in [-0.2, -0.15) is 8.78 Å². The fourth-order valence-corrected chi connectivity index (χ4v) is 3.07.